The van der Waals surface area contributed by atoms with Crippen LogP contribution in [0.4, 0.5) is 4.39 Å². The lowest BCUT2D eigenvalue weighted by atomic mass is 10.2. The highest BCUT2D eigenvalue weighted by Gasteiger charge is 2.04. The zero-order chi connectivity index (χ0) is 12.3. The zero-order valence-corrected chi connectivity index (χ0v) is 10.0. The summed E-state index contributed by atoms with van der Waals surface area (Å²) < 4.78 is 18.7. The smallest absolute Gasteiger partial charge is 0.165 e. The average molecular weight is 252 g/mol. The molecular formula is C13H11ClFNO. The van der Waals surface area contributed by atoms with Crippen LogP contribution in [0.1, 0.15) is 11.3 Å². The number of hydrogen-bond acceptors (Lipinski definition) is 2. The van der Waals surface area contributed by atoms with E-state index in [9.17, 15) is 4.39 Å². The van der Waals surface area contributed by atoms with Crippen LogP contribution in [-0.4, -0.2) is 4.98 Å². The molecule has 0 saturated carbocycles. The van der Waals surface area contributed by atoms with Crippen LogP contribution in [0.2, 0.25) is 5.02 Å². The van der Waals surface area contributed by atoms with Gasteiger partial charge in [0.05, 0.1) is 5.69 Å². The molecule has 2 aromatic rings. The highest BCUT2D eigenvalue weighted by Crippen LogP contribution is 2.19. The number of nitrogens with zero attached hydrogens (tertiary/aromatic N) is 1. The third-order valence-electron chi connectivity index (χ3n) is 2.24. The van der Waals surface area contributed by atoms with Gasteiger partial charge in [-0.1, -0.05) is 17.7 Å². The van der Waals surface area contributed by atoms with Gasteiger partial charge >= 0.3 is 0 Å². The molecule has 0 aliphatic carbocycles. The lowest BCUT2D eigenvalue weighted by Gasteiger charge is -2.07. The van der Waals surface area contributed by atoms with E-state index >= 15 is 0 Å². The fraction of sp³-hybridized carbons (Fsp3) is 0.154. The Labute approximate surface area is 104 Å². The topological polar surface area (TPSA) is 22.1 Å². The number of rotatable bonds is 3. The molecule has 1 heterocycles. The Morgan fingerprint density at radius 3 is 2.88 bits per heavy atom. The van der Waals surface area contributed by atoms with Gasteiger partial charge in [0.2, 0.25) is 0 Å². The van der Waals surface area contributed by atoms with E-state index in [4.69, 9.17) is 16.3 Å². The minimum atomic E-state index is -0.377. The first-order valence-corrected chi connectivity index (χ1v) is 5.52. The molecule has 0 bridgehead atoms. The molecule has 1 aromatic heterocycles. The van der Waals surface area contributed by atoms with Crippen molar-refractivity contribution in [2.75, 3.05) is 0 Å². The molecule has 0 spiro atoms. The van der Waals surface area contributed by atoms with Gasteiger partial charge in [-0.25, -0.2) is 4.39 Å². The maximum atomic E-state index is 13.4. The molecule has 0 amide bonds. The predicted molar refractivity (Wildman–Crippen MR) is 64.7 cm³/mol. The molecule has 1 aromatic carbocycles. The van der Waals surface area contributed by atoms with Crippen LogP contribution in [0, 0.1) is 12.7 Å². The molecule has 0 unspecified atom stereocenters. The third kappa shape index (κ3) is 3.17. The minimum absolute atomic E-state index is 0.195. The van der Waals surface area contributed by atoms with Crippen molar-refractivity contribution < 1.29 is 9.13 Å². The van der Waals surface area contributed by atoms with E-state index in [1.807, 2.05) is 6.92 Å². The van der Waals surface area contributed by atoms with Gasteiger partial charge in [-0.3, -0.25) is 4.98 Å². The summed E-state index contributed by atoms with van der Waals surface area (Å²) in [4.78, 5) is 4.07. The van der Waals surface area contributed by atoms with Crippen molar-refractivity contribution in [1.82, 2.24) is 4.98 Å². The van der Waals surface area contributed by atoms with E-state index in [2.05, 4.69) is 4.98 Å². The summed E-state index contributed by atoms with van der Waals surface area (Å²) in [6.45, 7) is 2.07. The van der Waals surface area contributed by atoms with Crippen LogP contribution in [-0.2, 0) is 6.61 Å². The van der Waals surface area contributed by atoms with Crippen LogP contribution in [0.25, 0.3) is 0 Å². The molecule has 0 fully saturated rings. The monoisotopic (exact) mass is 251 g/mol. The number of halogens is 2. The molecule has 88 valence electrons. The van der Waals surface area contributed by atoms with Gasteiger partial charge in [0.15, 0.2) is 11.6 Å². The second kappa shape index (κ2) is 5.15. The van der Waals surface area contributed by atoms with Crippen LogP contribution in [0.3, 0.4) is 0 Å². The summed E-state index contributed by atoms with van der Waals surface area (Å²) in [5.41, 5.74) is 1.61. The second-order valence-corrected chi connectivity index (χ2v) is 4.12. The summed E-state index contributed by atoms with van der Waals surface area (Å²) in [6, 6.07) is 8.10. The van der Waals surface area contributed by atoms with E-state index < -0.39 is 0 Å². The molecule has 17 heavy (non-hydrogen) atoms. The van der Waals surface area contributed by atoms with Crippen molar-refractivity contribution in [1.29, 1.82) is 0 Å². The van der Waals surface area contributed by atoms with E-state index in [0.29, 0.717) is 10.7 Å². The van der Waals surface area contributed by atoms with E-state index in [1.165, 1.54) is 6.07 Å². The zero-order valence-electron chi connectivity index (χ0n) is 9.28. The highest BCUT2D eigenvalue weighted by molar-refractivity contribution is 6.30. The molecule has 0 N–H and O–H groups in total. The Morgan fingerprint density at radius 2 is 2.12 bits per heavy atom. The van der Waals surface area contributed by atoms with Crippen LogP contribution in [0.15, 0.2) is 36.5 Å². The summed E-state index contributed by atoms with van der Waals surface area (Å²) in [6.07, 6.45) is 1.59. The molecule has 0 radical (unpaired) electrons. The maximum absolute atomic E-state index is 13.4. The first-order valence-electron chi connectivity index (χ1n) is 5.14. The average Bonchev–Trinajstić information content (AvgIpc) is 2.30. The Hall–Kier alpha value is -1.61. The highest BCUT2D eigenvalue weighted by atomic mass is 35.5. The molecule has 0 atom stereocenters. The Kier molecular flexibility index (Phi) is 3.59. The van der Waals surface area contributed by atoms with E-state index in [0.717, 1.165) is 5.56 Å². The third-order valence-corrected chi connectivity index (χ3v) is 2.48. The molecule has 0 saturated heterocycles. The fourth-order valence-electron chi connectivity index (χ4n) is 1.40. The lowest BCUT2D eigenvalue weighted by molar-refractivity contribution is 0.286. The normalized spacial score (nSPS) is 10.3. The van der Waals surface area contributed by atoms with Crippen LogP contribution >= 0.6 is 11.6 Å². The molecule has 0 aliphatic heterocycles. The number of pyridine rings is 1. The number of aromatic nitrogens is 1. The van der Waals surface area contributed by atoms with Crippen molar-refractivity contribution in [3.8, 4) is 5.75 Å². The number of aryl methyl sites for hydroxylation is 1. The first-order chi connectivity index (χ1) is 8.15. The maximum Gasteiger partial charge on any atom is 0.165 e. The molecule has 0 aliphatic rings. The van der Waals surface area contributed by atoms with Crippen molar-refractivity contribution in [3.63, 3.8) is 0 Å². The van der Waals surface area contributed by atoms with E-state index in [-0.39, 0.29) is 18.2 Å². The number of hydrogen-bond donors (Lipinski definition) is 0. The van der Waals surface area contributed by atoms with Gasteiger partial charge in [0.1, 0.15) is 6.61 Å². The minimum Gasteiger partial charge on any atom is -0.484 e. The SMILES string of the molecule is Cc1ccc(F)c(OCc2cc(Cl)ccn2)c1. The molecule has 2 nitrogen and oxygen atoms in total. The van der Waals surface area contributed by atoms with Gasteiger partial charge < -0.3 is 4.74 Å². The standard InChI is InChI=1S/C13H11ClFNO/c1-9-2-3-12(15)13(6-9)17-8-11-7-10(14)4-5-16-11/h2-7H,8H2,1H3. The lowest BCUT2D eigenvalue weighted by Crippen LogP contribution is -1.99. The van der Waals surface area contributed by atoms with Gasteiger partial charge in [-0.2, -0.15) is 0 Å². The summed E-state index contributed by atoms with van der Waals surface area (Å²) in [5.74, 6) is -0.149. The van der Waals surface area contributed by atoms with Crippen molar-refractivity contribution in [2.24, 2.45) is 0 Å². The Bertz CT molecular complexity index is 531. The van der Waals surface area contributed by atoms with Crippen molar-refractivity contribution in [2.45, 2.75) is 13.5 Å². The van der Waals surface area contributed by atoms with Gasteiger partial charge in [0, 0.05) is 11.2 Å². The second-order valence-electron chi connectivity index (χ2n) is 3.69. The molecule has 4 heteroatoms. The van der Waals surface area contributed by atoms with Gasteiger partial charge in [-0.15, -0.1) is 0 Å². The summed E-state index contributed by atoms with van der Waals surface area (Å²) in [7, 11) is 0. The number of ether oxygens (including phenoxy) is 1. The summed E-state index contributed by atoms with van der Waals surface area (Å²) in [5, 5.41) is 0.586. The van der Waals surface area contributed by atoms with Gasteiger partial charge in [0.25, 0.3) is 0 Å². The quantitative estimate of drug-likeness (QED) is 0.829. The molecule has 2 rings (SSSR count). The van der Waals surface area contributed by atoms with Crippen LogP contribution in [0.5, 0.6) is 5.75 Å². The molecular weight excluding hydrogens is 241 g/mol. The van der Waals surface area contributed by atoms with Crippen molar-refractivity contribution >= 4 is 11.6 Å². The largest absolute Gasteiger partial charge is 0.484 e. The predicted octanol–water partition coefficient (Wildman–Crippen LogP) is 3.76. The van der Waals surface area contributed by atoms with Crippen molar-refractivity contribution in [3.05, 3.63) is 58.6 Å². The fourth-order valence-corrected chi connectivity index (χ4v) is 1.58. The van der Waals surface area contributed by atoms with Gasteiger partial charge in [-0.05, 0) is 36.8 Å². The van der Waals surface area contributed by atoms with Crippen LogP contribution < -0.4 is 4.74 Å². The summed E-state index contributed by atoms with van der Waals surface area (Å²) >= 11 is 5.81. The van der Waals surface area contributed by atoms with E-state index in [1.54, 1.807) is 30.5 Å². The Morgan fingerprint density at radius 1 is 1.29 bits per heavy atom. The Balaban J connectivity index is 2.09. The first kappa shape index (κ1) is 11.9. The number of benzene rings is 1.